The maximum atomic E-state index is 14.1. The van der Waals surface area contributed by atoms with Gasteiger partial charge < -0.3 is 23.8 Å². The van der Waals surface area contributed by atoms with Gasteiger partial charge in [0.1, 0.15) is 24.1 Å². The van der Waals surface area contributed by atoms with E-state index in [-0.39, 0.29) is 18.1 Å². The molecule has 1 atom stereocenters. The van der Waals surface area contributed by atoms with Crippen molar-refractivity contribution < 1.29 is 23.7 Å². The first-order valence-electron chi connectivity index (χ1n) is 13.1. The predicted octanol–water partition coefficient (Wildman–Crippen LogP) is 3.14. The number of methoxy groups -OCH3 is 3. The highest BCUT2D eigenvalue weighted by atomic mass is 32.1. The normalized spacial score (nSPS) is 14.6. The van der Waals surface area contributed by atoms with Crippen LogP contribution in [0.4, 0.5) is 0 Å². The summed E-state index contributed by atoms with van der Waals surface area (Å²) in [5.74, 6) is 4.34. The lowest BCUT2D eigenvalue weighted by atomic mass is 9.93. The summed E-state index contributed by atoms with van der Waals surface area (Å²) in [6, 6.07) is 9.90. The molecule has 0 saturated carbocycles. The molecule has 0 unspecified atom stereocenters. The van der Waals surface area contributed by atoms with Crippen LogP contribution in [0.5, 0.6) is 23.0 Å². The standard InChI is InChI=1S/C31H33N3O6S/c1-8-15-40-24-13-11-20(16-25(24)39-7)17-26-29(35)34-28(22-18-21(37-5)12-14-23(22)38-6)27(19(4)32-31(34)41-26)30(36)33(9-2)10-3/h1,11-14,16-18,28H,9-10,15H2,2-7H3/b26-17+/t28-/m0/s1. The van der Waals surface area contributed by atoms with Crippen LogP contribution in [0.1, 0.15) is 37.9 Å². The van der Waals surface area contributed by atoms with Crippen molar-refractivity contribution in [3.8, 4) is 35.3 Å². The molecular formula is C31H33N3O6S. The van der Waals surface area contributed by atoms with Crippen LogP contribution < -0.4 is 33.8 Å². The fraction of sp³-hybridized carbons (Fsp3) is 0.323. The summed E-state index contributed by atoms with van der Waals surface area (Å²) >= 11 is 1.25. The number of thiazole rings is 1. The Balaban J connectivity index is 1.96. The van der Waals surface area contributed by atoms with Crippen LogP contribution >= 0.6 is 11.3 Å². The Morgan fingerprint density at radius 3 is 2.41 bits per heavy atom. The minimum atomic E-state index is -0.777. The SMILES string of the molecule is C#CCOc1ccc(/C=c2/sc3n(c2=O)[C@@H](c2cc(OC)ccc2OC)C(C(=O)N(CC)CC)=C(C)N=3)cc1OC. The number of benzene rings is 2. The molecule has 10 heteroatoms. The third-order valence-corrected chi connectivity index (χ3v) is 7.81. The van der Waals surface area contributed by atoms with Gasteiger partial charge in [0, 0.05) is 18.7 Å². The Morgan fingerprint density at radius 2 is 1.78 bits per heavy atom. The number of amides is 1. The van der Waals surface area contributed by atoms with Crippen molar-refractivity contribution in [3.63, 3.8) is 0 Å². The molecule has 0 aliphatic carbocycles. The molecule has 1 aliphatic rings. The monoisotopic (exact) mass is 575 g/mol. The van der Waals surface area contributed by atoms with Crippen molar-refractivity contribution in [2.24, 2.45) is 4.99 Å². The third-order valence-electron chi connectivity index (χ3n) is 6.83. The highest BCUT2D eigenvalue weighted by molar-refractivity contribution is 7.07. The van der Waals surface area contributed by atoms with E-state index in [1.807, 2.05) is 19.9 Å². The van der Waals surface area contributed by atoms with Crippen LogP contribution in [0.2, 0.25) is 0 Å². The number of ether oxygens (including phenoxy) is 4. The van der Waals surface area contributed by atoms with Gasteiger partial charge in [-0.05, 0) is 62.7 Å². The van der Waals surface area contributed by atoms with Crippen LogP contribution in [-0.2, 0) is 4.79 Å². The van der Waals surface area contributed by atoms with Gasteiger partial charge in [-0.15, -0.1) is 6.42 Å². The van der Waals surface area contributed by atoms with E-state index < -0.39 is 6.04 Å². The summed E-state index contributed by atoms with van der Waals surface area (Å²) in [4.78, 5) is 34.9. The van der Waals surface area contributed by atoms with E-state index in [4.69, 9.17) is 30.4 Å². The second-order valence-corrected chi connectivity index (χ2v) is 10.1. The summed E-state index contributed by atoms with van der Waals surface area (Å²) in [7, 11) is 4.66. The first-order valence-corrected chi connectivity index (χ1v) is 13.9. The number of hydrogen-bond donors (Lipinski definition) is 0. The lowest BCUT2D eigenvalue weighted by Gasteiger charge is -2.30. The van der Waals surface area contributed by atoms with Gasteiger partial charge in [0.05, 0.1) is 37.1 Å². The Morgan fingerprint density at radius 1 is 1.07 bits per heavy atom. The maximum absolute atomic E-state index is 14.1. The van der Waals surface area contributed by atoms with Gasteiger partial charge in [0.15, 0.2) is 16.3 Å². The molecule has 0 spiro atoms. The van der Waals surface area contributed by atoms with E-state index in [1.165, 1.54) is 18.4 Å². The van der Waals surface area contributed by atoms with Crippen LogP contribution in [0, 0.1) is 12.3 Å². The molecule has 0 saturated heterocycles. The first-order chi connectivity index (χ1) is 19.8. The molecule has 1 amide bonds. The van der Waals surface area contributed by atoms with Gasteiger partial charge >= 0.3 is 0 Å². The molecule has 4 rings (SSSR count). The lowest BCUT2D eigenvalue weighted by molar-refractivity contribution is -0.127. The van der Waals surface area contributed by atoms with Crippen LogP contribution in [0.3, 0.4) is 0 Å². The number of carbonyl (C=O) groups excluding carboxylic acids is 1. The molecule has 0 bridgehead atoms. The number of fused-ring (bicyclic) bond motifs is 1. The van der Waals surface area contributed by atoms with Gasteiger partial charge in [-0.1, -0.05) is 23.3 Å². The molecule has 0 N–H and O–H groups in total. The second-order valence-electron chi connectivity index (χ2n) is 9.07. The van der Waals surface area contributed by atoms with Crippen molar-refractivity contribution in [1.29, 1.82) is 0 Å². The Bertz CT molecular complexity index is 1710. The number of aromatic nitrogens is 1. The zero-order valence-corrected chi connectivity index (χ0v) is 24.8. The Kier molecular flexibility index (Phi) is 9.20. The van der Waals surface area contributed by atoms with E-state index in [2.05, 4.69) is 5.92 Å². The minimum Gasteiger partial charge on any atom is -0.497 e. The van der Waals surface area contributed by atoms with Crippen molar-refractivity contribution in [2.75, 3.05) is 41.0 Å². The topological polar surface area (TPSA) is 91.6 Å². The zero-order chi connectivity index (χ0) is 29.7. The third kappa shape index (κ3) is 5.72. The summed E-state index contributed by atoms with van der Waals surface area (Å²) in [6.45, 7) is 6.78. The molecule has 1 aromatic heterocycles. The van der Waals surface area contributed by atoms with E-state index >= 15 is 0 Å². The first kappa shape index (κ1) is 29.5. The van der Waals surface area contributed by atoms with Crippen molar-refractivity contribution in [2.45, 2.75) is 26.8 Å². The quantitative estimate of drug-likeness (QED) is 0.345. The largest absolute Gasteiger partial charge is 0.497 e. The van der Waals surface area contributed by atoms with Gasteiger partial charge in [0.25, 0.3) is 11.5 Å². The molecule has 0 radical (unpaired) electrons. The number of nitrogens with zero attached hydrogens (tertiary/aromatic N) is 3. The fourth-order valence-electron chi connectivity index (χ4n) is 4.79. The number of likely N-dealkylation sites (N-methyl/N-ethyl adjacent to an activating group) is 1. The van der Waals surface area contributed by atoms with Gasteiger partial charge in [-0.3, -0.25) is 14.2 Å². The number of terminal acetylenes is 1. The molecule has 2 aromatic carbocycles. The van der Waals surface area contributed by atoms with E-state index in [1.54, 1.807) is 67.0 Å². The molecule has 0 fully saturated rings. The van der Waals surface area contributed by atoms with E-state index in [9.17, 15) is 9.59 Å². The van der Waals surface area contributed by atoms with Crippen molar-refractivity contribution in [3.05, 3.63) is 78.5 Å². The summed E-state index contributed by atoms with van der Waals surface area (Å²) < 4.78 is 24.2. The summed E-state index contributed by atoms with van der Waals surface area (Å²) in [5, 5.41) is 0. The smallest absolute Gasteiger partial charge is 0.271 e. The van der Waals surface area contributed by atoms with Crippen LogP contribution in [0.25, 0.3) is 6.08 Å². The molecule has 1 aliphatic heterocycles. The molecule has 214 valence electrons. The lowest BCUT2D eigenvalue weighted by Crippen LogP contribution is -2.43. The van der Waals surface area contributed by atoms with E-state index in [0.717, 1.165) is 5.56 Å². The minimum absolute atomic E-state index is 0.107. The van der Waals surface area contributed by atoms with Gasteiger partial charge in [-0.25, -0.2) is 4.99 Å². The van der Waals surface area contributed by atoms with Gasteiger partial charge in [0.2, 0.25) is 0 Å². The molecule has 9 nitrogen and oxygen atoms in total. The van der Waals surface area contributed by atoms with Crippen molar-refractivity contribution in [1.82, 2.24) is 9.47 Å². The van der Waals surface area contributed by atoms with Crippen LogP contribution in [-0.4, -0.2) is 56.4 Å². The number of allylic oxidation sites excluding steroid dienone is 1. The molecular weight excluding hydrogens is 542 g/mol. The number of rotatable bonds is 10. The molecule has 3 aromatic rings. The number of hydrogen-bond acceptors (Lipinski definition) is 8. The number of carbonyl (C=O) groups is 1. The average molecular weight is 576 g/mol. The highest BCUT2D eigenvalue weighted by Crippen LogP contribution is 2.38. The molecule has 41 heavy (non-hydrogen) atoms. The fourth-order valence-corrected chi connectivity index (χ4v) is 5.83. The summed E-state index contributed by atoms with van der Waals surface area (Å²) in [6.07, 6.45) is 7.08. The Hall–Kier alpha value is -4.49. The predicted molar refractivity (Wildman–Crippen MR) is 159 cm³/mol. The van der Waals surface area contributed by atoms with Gasteiger partial charge in [-0.2, -0.15) is 0 Å². The summed E-state index contributed by atoms with van der Waals surface area (Å²) in [5.41, 5.74) is 2.02. The second kappa shape index (κ2) is 12.8. The van der Waals surface area contributed by atoms with Crippen LogP contribution in [0.15, 0.2) is 57.5 Å². The highest BCUT2D eigenvalue weighted by Gasteiger charge is 2.36. The van der Waals surface area contributed by atoms with E-state index in [0.29, 0.717) is 62.3 Å². The van der Waals surface area contributed by atoms with Crippen molar-refractivity contribution >= 4 is 23.3 Å². The maximum Gasteiger partial charge on any atom is 0.271 e. The zero-order valence-electron chi connectivity index (χ0n) is 24.0. The Labute approximate surface area is 243 Å². The average Bonchev–Trinajstić information content (AvgIpc) is 3.29. The molecule has 2 heterocycles.